The monoisotopic (exact) mass is 331 g/mol. The summed E-state index contributed by atoms with van der Waals surface area (Å²) in [4.78, 5) is 4.56. The third-order valence-corrected chi connectivity index (χ3v) is 5.23. The van der Waals surface area contributed by atoms with Crippen LogP contribution in [-0.2, 0) is 15.8 Å². The van der Waals surface area contributed by atoms with Gasteiger partial charge in [0.25, 0.3) is 0 Å². The molecule has 7 heteroatoms. The fourth-order valence-corrected chi connectivity index (χ4v) is 3.54. The van der Waals surface area contributed by atoms with Crippen molar-refractivity contribution in [2.75, 3.05) is 46.3 Å². The van der Waals surface area contributed by atoms with E-state index in [2.05, 4.69) is 21.6 Å². The normalized spacial score (nSPS) is 18.0. The van der Waals surface area contributed by atoms with Crippen molar-refractivity contribution in [2.45, 2.75) is 5.75 Å². The lowest BCUT2D eigenvalue weighted by atomic mass is 10.2. The van der Waals surface area contributed by atoms with E-state index in [1.807, 2.05) is 0 Å². The van der Waals surface area contributed by atoms with Crippen molar-refractivity contribution in [3.63, 3.8) is 0 Å². The van der Waals surface area contributed by atoms with E-state index in [9.17, 15) is 8.42 Å². The SMILES string of the molecule is CN1CCN(CCNS(=O)(=O)Cc2ccc(Cl)cc2)CC1. The van der Waals surface area contributed by atoms with E-state index in [1.165, 1.54) is 0 Å². The number of sulfonamides is 1. The van der Waals surface area contributed by atoms with E-state index in [1.54, 1.807) is 24.3 Å². The third-order valence-electron chi connectivity index (χ3n) is 3.62. The minimum Gasteiger partial charge on any atom is -0.304 e. The van der Waals surface area contributed by atoms with Crippen LogP contribution in [0.15, 0.2) is 24.3 Å². The molecular formula is C14H22ClN3O2S. The van der Waals surface area contributed by atoms with Crippen LogP contribution in [0, 0.1) is 0 Å². The first kappa shape index (κ1) is 16.7. The maximum atomic E-state index is 12.0. The Morgan fingerprint density at radius 3 is 2.38 bits per heavy atom. The molecule has 0 aromatic heterocycles. The molecule has 0 aliphatic carbocycles. The van der Waals surface area contributed by atoms with Crippen molar-refractivity contribution in [3.8, 4) is 0 Å². The topological polar surface area (TPSA) is 52.6 Å². The highest BCUT2D eigenvalue weighted by Gasteiger charge is 2.15. The van der Waals surface area contributed by atoms with Gasteiger partial charge in [-0.2, -0.15) is 0 Å². The van der Waals surface area contributed by atoms with E-state index in [4.69, 9.17) is 11.6 Å². The van der Waals surface area contributed by atoms with Crippen LogP contribution in [0.1, 0.15) is 5.56 Å². The van der Waals surface area contributed by atoms with Gasteiger partial charge in [-0.25, -0.2) is 13.1 Å². The summed E-state index contributed by atoms with van der Waals surface area (Å²) in [7, 11) is -1.19. The summed E-state index contributed by atoms with van der Waals surface area (Å²) < 4.78 is 26.7. The minimum atomic E-state index is -3.29. The first-order chi connectivity index (χ1) is 9.94. The van der Waals surface area contributed by atoms with Crippen molar-refractivity contribution in [2.24, 2.45) is 0 Å². The molecule has 0 unspecified atom stereocenters. The lowest BCUT2D eigenvalue weighted by Crippen LogP contribution is -2.46. The lowest BCUT2D eigenvalue weighted by Gasteiger charge is -2.32. The molecule has 2 rings (SSSR count). The first-order valence-electron chi connectivity index (χ1n) is 7.07. The molecule has 118 valence electrons. The molecule has 1 aliphatic rings. The molecule has 0 amide bonds. The zero-order valence-electron chi connectivity index (χ0n) is 12.3. The molecule has 1 aromatic carbocycles. The maximum Gasteiger partial charge on any atom is 0.215 e. The molecule has 1 fully saturated rings. The molecule has 1 saturated heterocycles. The molecule has 0 saturated carbocycles. The van der Waals surface area contributed by atoms with Crippen molar-refractivity contribution < 1.29 is 8.42 Å². The highest BCUT2D eigenvalue weighted by Crippen LogP contribution is 2.11. The number of hydrogen-bond acceptors (Lipinski definition) is 4. The van der Waals surface area contributed by atoms with Gasteiger partial charge in [-0.05, 0) is 24.7 Å². The molecule has 0 spiro atoms. The van der Waals surface area contributed by atoms with Crippen LogP contribution in [0.2, 0.25) is 5.02 Å². The molecule has 1 aromatic rings. The second-order valence-corrected chi connectivity index (χ2v) is 7.67. The molecule has 21 heavy (non-hydrogen) atoms. The van der Waals surface area contributed by atoms with E-state index in [0.717, 1.165) is 38.3 Å². The molecule has 0 atom stereocenters. The van der Waals surface area contributed by atoms with Crippen LogP contribution in [-0.4, -0.2) is 64.5 Å². The summed E-state index contributed by atoms with van der Waals surface area (Å²) in [5.41, 5.74) is 0.742. The maximum absolute atomic E-state index is 12.0. The fourth-order valence-electron chi connectivity index (χ4n) is 2.28. The smallest absolute Gasteiger partial charge is 0.215 e. The Morgan fingerprint density at radius 2 is 1.76 bits per heavy atom. The number of likely N-dealkylation sites (N-methyl/N-ethyl adjacent to an activating group) is 1. The van der Waals surface area contributed by atoms with Gasteiger partial charge in [-0.15, -0.1) is 0 Å². The van der Waals surface area contributed by atoms with E-state index in [-0.39, 0.29) is 5.75 Å². The zero-order valence-corrected chi connectivity index (χ0v) is 13.8. The standard InChI is InChI=1S/C14H22ClN3O2S/c1-17-8-10-18(11-9-17)7-6-16-21(19,20)12-13-2-4-14(15)5-3-13/h2-5,16H,6-12H2,1H3. The van der Waals surface area contributed by atoms with E-state index in [0.29, 0.717) is 11.6 Å². The van der Waals surface area contributed by atoms with Gasteiger partial charge >= 0.3 is 0 Å². The number of halogens is 1. The summed E-state index contributed by atoms with van der Waals surface area (Å²) in [5.74, 6) is -0.00704. The second kappa shape index (κ2) is 7.56. The molecule has 0 bridgehead atoms. The molecule has 1 heterocycles. The van der Waals surface area contributed by atoms with Gasteiger partial charge in [-0.3, -0.25) is 4.90 Å². The molecule has 0 radical (unpaired) electrons. The van der Waals surface area contributed by atoms with Crippen LogP contribution >= 0.6 is 11.6 Å². The highest BCUT2D eigenvalue weighted by molar-refractivity contribution is 7.88. The van der Waals surface area contributed by atoms with Gasteiger partial charge in [-0.1, -0.05) is 23.7 Å². The van der Waals surface area contributed by atoms with Gasteiger partial charge in [0.2, 0.25) is 10.0 Å². The van der Waals surface area contributed by atoms with Crippen LogP contribution in [0.3, 0.4) is 0 Å². The summed E-state index contributed by atoms with van der Waals surface area (Å²) in [6, 6.07) is 6.89. The van der Waals surface area contributed by atoms with Crippen LogP contribution in [0.5, 0.6) is 0 Å². The largest absolute Gasteiger partial charge is 0.304 e. The average Bonchev–Trinajstić information content (AvgIpc) is 2.43. The van der Waals surface area contributed by atoms with Crippen molar-refractivity contribution in [1.29, 1.82) is 0 Å². The molecule has 5 nitrogen and oxygen atoms in total. The number of piperazine rings is 1. The minimum absolute atomic E-state index is 0.00704. The second-order valence-electron chi connectivity index (χ2n) is 5.42. The predicted octanol–water partition coefficient (Wildman–Crippen LogP) is 1.01. The first-order valence-corrected chi connectivity index (χ1v) is 9.10. The molecular weight excluding hydrogens is 310 g/mol. The van der Waals surface area contributed by atoms with Gasteiger partial charge in [0.15, 0.2) is 0 Å². The summed E-state index contributed by atoms with van der Waals surface area (Å²) in [5, 5.41) is 0.610. The van der Waals surface area contributed by atoms with E-state index < -0.39 is 10.0 Å². The molecule has 1 aliphatic heterocycles. The Labute approximate surface area is 131 Å². The van der Waals surface area contributed by atoms with Crippen molar-refractivity contribution in [3.05, 3.63) is 34.9 Å². The predicted molar refractivity (Wildman–Crippen MR) is 86.0 cm³/mol. The number of nitrogens with one attached hydrogen (secondary N) is 1. The van der Waals surface area contributed by atoms with Crippen LogP contribution < -0.4 is 4.72 Å². The summed E-state index contributed by atoms with van der Waals surface area (Å²) >= 11 is 5.79. The van der Waals surface area contributed by atoms with Gasteiger partial charge < -0.3 is 4.90 Å². The van der Waals surface area contributed by atoms with Gasteiger partial charge in [0.05, 0.1) is 5.75 Å². The number of rotatable bonds is 6. The summed E-state index contributed by atoms with van der Waals surface area (Å²) in [6.45, 7) is 5.28. The van der Waals surface area contributed by atoms with Crippen LogP contribution in [0.4, 0.5) is 0 Å². The quantitative estimate of drug-likeness (QED) is 0.845. The number of hydrogen-bond donors (Lipinski definition) is 1. The average molecular weight is 332 g/mol. The van der Waals surface area contributed by atoms with Crippen molar-refractivity contribution >= 4 is 21.6 Å². The Balaban J connectivity index is 1.75. The zero-order chi connectivity index (χ0) is 15.3. The Hall–Kier alpha value is -0.660. The molecule has 1 N–H and O–H groups in total. The van der Waals surface area contributed by atoms with Gasteiger partial charge in [0.1, 0.15) is 0 Å². The van der Waals surface area contributed by atoms with Gasteiger partial charge in [0, 0.05) is 44.3 Å². The van der Waals surface area contributed by atoms with E-state index >= 15 is 0 Å². The van der Waals surface area contributed by atoms with Crippen LogP contribution in [0.25, 0.3) is 0 Å². The van der Waals surface area contributed by atoms with Crippen molar-refractivity contribution in [1.82, 2.24) is 14.5 Å². The number of nitrogens with zero attached hydrogens (tertiary/aromatic N) is 2. The Morgan fingerprint density at radius 1 is 1.14 bits per heavy atom. The Bertz CT molecular complexity index is 540. The number of benzene rings is 1. The Kier molecular flexibility index (Phi) is 6.01. The highest BCUT2D eigenvalue weighted by atomic mass is 35.5. The lowest BCUT2D eigenvalue weighted by molar-refractivity contribution is 0.156. The third kappa shape index (κ3) is 5.92. The fraction of sp³-hybridized carbons (Fsp3) is 0.571. The summed E-state index contributed by atoms with van der Waals surface area (Å²) in [6.07, 6.45) is 0.